The van der Waals surface area contributed by atoms with Crippen molar-refractivity contribution in [3.05, 3.63) is 59.7 Å². The molecule has 2 N–H and O–H groups in total. The monoisotopic (exact) mass is 425 g/mol. The van der Waals surface area contributed by atoms with Crippen LogP contribution in [0.2, 0.25) is 0 Å². The number of nitrogens with zero attached hydrogens (tertiary/aromatic N) is 1. The average Bonchev–Trinajstić information content (AvgIpc) is 3.66. The Morgan fingerprint density at radius 2 is 1.90 bits per heavy atom. The predicted molar refractivity (Wildman–Crippen MR) is 122 cm³/mol. The fourth-order valence-electron chi connectivity index (χ4n) is 4.19. The molecule has 0 bridgehead atoms. The lowest BCUT2D eigenvalue weighted by Crippen LogP contribution is -2.23. The van der Waals surface area contributed by atoms with Crippen molar-refractivity contribution >= 4 is 35.6 Å². The van der Waals surface area contributed by atoms with Crippen LogP contribution in [0.3, 0.4) is 0 Å². The normalized spacial score (nSPS) is 22.5. The van der Waals surface area contributed by atoms with Crippen LogP contribution in [-0.2, 0) is 4.79 Å². The zero-order valence-corrected chi connectivity index (χ0v) is 17.8. The highest BCUT2D eigenvalue weighted by atomic mass is 35.5. The summed E-state index contributed by atoms with van der Waals surface area (Å²) >= 11 is 0. The third kappa shape index (κ3) is 4.68. The molecule has 2 amide bonds. The molecule has 2 aromatic carbocycles. The average molecular weight is 426 g/mol. The van der Waals surface area contributed by atoms with E-state index in [2.05, 4.69) is 16.7 Å². The lowest BCUT2D eigenvalue weighted by molar-refractivity contribution is -0.117. The molecule has 30 heavy (non-hydrogen) atoms. The van der Waals surface area contributed by atoms with Crippen LogP contribution in [-0.4, -0.2) is 30.9 Å². The molecule has 0 radical (unpaired) electrons. The first-order valence-corrected chi connectivity index (χ1v) is 10.7. The van der Waals surface area contributed by atoms with Crippen LogP contribution in [0.1, 0.15) is 53.9 Å². The second-order valence-electron chi connectivity index (χ2n) is 8.58. The first-order chi connectivity index (χ1) is 14.2. The Hall–Kier alpha value is -2.37. The third-order valence-electron chi connectivity index (χ3n) is 6.24. The second kappa shape index (κ2) is 8.78. The number of carbonyl (C=O) groups excluding carboxylic acids is 2. The zero-order valence-electron chi connectivity index (χ0n) is 17.0. The lowest BCUT2D eigenvalue weighted by Gasteiger charge is -2.16. The van der Waals surface area contributed by atoms with Crippen molar-refractivity contribution in [1.82, 2.24) is 5.32 Å². The van der Waals surface area contributed by atoms with Crippen LogP contribution < -0.4 is 15.5 Å². The Kier molecular flexibility index (Phi) is 6.11. The van der Waals surface area contributed by atoms with Crippen molar-refractivity contribution in [1.29, 1.82) is 0 Å². The van der Waals surface area contributed by atoms with Crippen molar-refractivity contribution in [3.63, 3.8) is 0 Å². The molecule has 3 aliphatic rings. The van der Waals surface area contributed by atoms with Gasteiger partial charge in [-0.1, -0.05) is 12.1 Å². The predicted octanol–water partition coefficient (Wildman–Crippen LogP) is 4.34. The lowest BCUT2D eigenvalue weighted by atomic mass is 10.1. The molecular weight excluding hydrogens is 398 g/mol. The molecule has 0 spiro atoms. The fourth-order valence-corrected chi connectivity index (χ4v) is 4.19. The maximum atomic E-state index is 12.7. The Morgan fingerprint density at radius 3 is 2.60 bits per heavy atom. The molecule has 3 fully saturated rings. The van der Waals surface area contributed by atoms with Crippen LogP contribution in [0.5, 0.6) is 0 Å². The number of benzene rings is 2. The number of hydrogen-bond acceptors (Lipinski definition) is 3. The van der Waals surface area contributed by atoms with Gasteiger partial charge in [-0.3, -0.25) is 9.59 Å². The van der Waals surface area contributed by atoms with E-state index in [-0.39, 0.29) is 24.2 Å². The van der Waals surface area contributed by atoms with Crippen LogP contribution >= 0.6 is 12.4 Å². The quantitative estimate of drug-likeness (QED) is 0.693. The minimum Gasteiger partial charge on any atom is -0.322 e. The van der Waals surface area contributed by atoms with Gasteiger partial charge in [0.15, 0.2) is 0 Å². The third-order valence-corrected chi connectivity index (χ3v) is 6.24. The van der Waals surface area contributed by atoms with Crippen LogP contribution in [0.4, 0.5) is 11.4 Å². The fraction of sp³-hybridized carbons (Fsp3) is 0.417. The van der Waals surface area contributed by atoms with Crippen molar-refractivity contribution in [2.75, 3.05) is 23.3 Å². The van der Waals surface area contributed by atoms with Crippen molar-refractivity contribution < 1.29 is 9.59 Å². The number of nitrogens with one attached hydrogen (secondary N) is 2. The van der Waals surface area contributed by atoms with Gasteiger partial charge in [0, 0.05) is 41.9 Å². The van der Waals surface area contributed by atoms with Gasteiger partial charge < -0.3 is 15.5 Å². The summed E-state index contributed by atoms with van der Waals surface area (Å²) in [5, 5.41) is 6.63. The van der Waals surface area contributed by atoms with Gasteiger partial charge in [-0.25, -0.2) is 0 Å². The van der Waals surface area contributed by atoms with E-state index in [4.69, 9.17) is 0 Å². The van der Waals surface area contributed by atoms with E-state index >= 15 is 0 Å². The van der Waals surface area contributed by atoms with E-state index in [1.165, 1.54) is 18.4 Å². The highest BCUT2D eigenvalue weighted by Crippen LogP contribution is 2.42. The molecule has 0 aromatic heterocycles. The summed E-state index contributed by atoms with van der Waals surface area (Å²) in [5.74, 6) is 1.49. The van der Waals surface area contributed by atoms with Gasteiger partial charge in [-0.2, -0.15) is 0 Å². The number of anilines is 2. The largest absolute Gasteiger partial charge is 0.322 e. The molecule has 2 saturated carbocycles. The van der Waals surface area contributed by atoms with Gasteiger partial charge in [0.25, 0.3) is 5.91 Å². The zero-order chi connectivity index (χ0) is 19.8. The topological polar surface area (TPSA) is 61.4 Å². The summed E-state index contributed by atoms with van der Waals surface area (Å²) in [5.41, 5.74) is 3.57. The number of rotatable bonds is 7. The first-order valence-electron chi connectivity index (χ1n) is 10.7. The van der Waals surface area contributed by atoms with Gasteiger partial charge in [0.05, 0.1) is 0 Å². The smallest absolute Gasteiger partial charge is 0.255 e. The van der Waals surface area contributed by atoms with Crippen molar-refractivity contribution in [3.8, 4) is 0 Å². The maximum Gasteiger partial charge on any atom is 0.255 e. The van der Waals surface area contributed by atoms with E-state index in [0.29, 0.717) is 23.9 Å². The van der Waals surface area contributed by atoms with Gasteiger partial charge >= 0.3 is 0 Å². The van der Waals surface area contributed by atoms with E-state index in [0.717, 1.165) is 43.2 Å². The SMILES string of the molecule is Cl.O=C(Nc1ccc(N2CCCC2=O)cc1)c1cccc([C@@H]2C[C@H]2NCC2CC2)c1. The highest BCUT2D eigenvalue weighted by Gasteiger charge is 2.39. The summed E-state index contributed by atoms with van der Waals surface area (Å²) < 4.78 is 0. The maximum absolute atomic E-state index is 12.7. The highest BCUT2D eigenvalue weighted by molar-refractivity contribution is 6.04. The Labute approximate surface area is 183 Å². The molecule has 5 rings (SSSR count). The van der Waals surface area contributed by atoms with Gasteiger partial charge in [0.1, 0.15) is 0 Å². The number of carbonyl (C=O) groups is 2. The molecule has 1 aliphatic heterocycles. The van der Waals surface area contributed by atoms with Crippen molar-refractivity contribution in [2.45, 2.75) is 44.1 Å². The van der Waals surface area contributed by atoms with Gasteiger partial charge in [0.2, 0.25) is 5.91 Å². The van der Waals surface area contributed by atoms with Crippen molar-refractivity contribution in [2.24, 2.45) is 5.92 Å². The summed E-state index contributed by atoms with van der Waals surface area (Å²) in [6, 6.07) is 16.1. The minimum atomic E-state index is -0.0972. The Bertz CT molecular complexity index is 926. The van der Waals surface area contributed by atoms with Gasteiger partial charge in [-0.05, 0) is 80.1 Å². The molecule has 2 atom stereocenters. The van der Waals surface area contributed by atoms with E-state index in [9.17, 15) is 9.59 Å². The molecule has 5 nitrogen and oxygen atoms in total. The van der Waals surface area contributed by atoms with E-state index in [1.54, 1.807) is 4.90 Å². The number of hydrogen-bond donors (Lipinski definition) is 2. The molecular formula is C24H28ClN3O2. The van der Waals surface area contributed by atoms with E-state index in [1.807, 2.05) is 42.5 Å². The number of amides is 2. The Balaban J connectivity index is 0.00000218. The Morgan fingerprint density at radius 1 is 1.10 bits per heavy atom. The molecule has 6 heteroatoms. The molecule has 1 heterocycles. The number of halogens is 1. The summed E-state index contributed by atoms with van der Waals surface area (Å²) in [6.07, 6.45) is 5.43. The van der Waals surface area contributed by atoms with Crippen LogP contribution in [0.15, 0.2) is 48.5 Å². The summed E-state index contributed by atoms with van der Waals surface area (Å²) in [7, 11) is 0. The first kappa shape index (κ1) is 20.9. The molecule has 2 aromatic rings. The van der Waals surface area contributed by atoms with E-state index < -0.39 is 0 Å². The summed E-state index contributed by atoms with van der Waals surface area (Å²) in [6.45, 7) is 1.91. The molecule has 1 saturated heterocycles. The molecule has 2 aliphatic carbocycles. The van der Waals surface area contributed by atoms with Gasteiger partial charge in [-0.15, -0.1) is 12.4 Å². The van der Waals surface area contributed by atoms with Crippen LogP contribution in [0.25, 0.3) is 0 Å². The van der Waals surface area contributed by atoms with Crippen LogP contribution in [0, 0.1) is 5.92 Å². The minimum absolute atomic E-state index is 0. The molecule has 0 unspecified atom stereocenters. The standard InChI is InChI=1S/C24H27N3O2.ClH/c28-23-5-2-12-27(23)20-10-8-19(9-11-20)26-24(29)18-4-1-3-17(13-18)21-14-22(21)25-15-16-6-7-16;/h1,3-4,8-11,13,16,21-22,25H,2,5-7,12,14-15H2,(H,26,29);1H/t21-,22+;/m0./s1. The second-order valence-corrected chi connectivity index (χ2v) is 8.58. The summed E-state index contributed by atoms with van der Waals surface area (Å²) in [4.78, 5) is 26.4. The molecule has 158 valence electrons.